The van der Waals surface area contributed by atoms with E-state index < -0.39 is 11.6 Å². The number of carbonyl (C=O) groups is 1. The molecule has 0 aromatic heterocycles. The Hall–Kier alpha value is -3.07. The third kappa shape index (κ3) is 6.44. The fourth-order valence-corrected chi connectivity index (χ4v) is 2.10. The average molecular weight is 359 g/mol. The van der Waals surface area contributed by atoms with Crippen molar-refractivity contribution in [1.29, 1.82) is 0 Å². The molecule has 0 aliphatic heterocycles. The molecule has 0 aliphatic carbocycles. The highest BCUT2D eigenvalue weighted by molar-refractivity contribution is 5.76. The molecule has 0 spiro atoms. The van der Waals surface area contributed by atoms with Gasteiger partial charge in [-0.25, -0.2) is 8.78 Å². The first-order valence-corrected chi connectivity index (χ1v) is 8.01. The summed E-state index contributed by atoms with van der Waals surface area (Å²) in [6.07, 6.45) is 0.974. The van der Waals surface area contributed by atoms with Gasteiger partial charge in [-0.05, 0) is 36.2 Å². The summed E-state index contributed by atoms with van der Waals surface area (Å²) in [5.41, 5.74) is 1.04. The minimum absolute atomic E-state index is 0.0513. The summed E-state index contributed by atoms with van der Waals surface area (Å²) < 4.78 is 36.2. The van der Waals surface area contributed by atoms with Gasteiger partial charge in [-0.2, -0.15) is 0 Å². The molecule has 2 rings (SSSR count). The Morgan fingerprint density at radius 3 is 2.58 bits per heavy atom. The van der Waals surface area contributed by atoms with Crippen LogP contribution in [0.15, 0.2) is 42.5 Å². The molecular weight excluding hydrogens is 340 g/mol. The number of hydrogen-bond donors (Lipinski definition) is 1. The normalized spacial score (nSPS) is 9.81. The van der Waals surface area contributed by atoms with E-state index in [4.69, 9.17) is 9.47 Å². The summed E-state index contributed by atoms with van der Waals surface area (Å²) in [6.45, 7) is 0.126. The minimum Gasteiger partial charge on any atom is -0.497 e. The van der Waals surface area contributed by atoms with E-state index in [1.807, 2.05) is 24.3 Å². The molecule has 0 saturated heterocycles. The Balaban J connectivity index is 1.64. The third-order valence-corrected chi connectivity index (χ3v) is 3.49. The second-order valence-electron chi connectivity index (χ2n) is 5.34. The Morgan fingerprint density at radius 1 is 1.12 bits per heavy atom. The van der Waals surface area contributed by atoms with Crippen LogP contribution in [0.3, 0.4) is 0 Å². The number of ether oxygens (including phenoxy) is 2. The van der Waals surface area contributed by atoms with Crippen LogP contribution in [0.25, 0.3) is 0 Å². The number of halogens is 2. The monoisotopic (exact) mass is 359 g/mol. The maximum absolute atomic E-state index is 13.3. The van der Waals surface area contributed by atoms with Crippen LogP contribution >= 0.6 is 0 Å². The maximum Gasteiger partial charge on any atom is 0.221 e. The van der Waals surface area contributed by atoms with Crippen molar-refractivity contribution in [1.82, 2.24) is 5.32 Å². The first kappa shape index (κ1) is 19.3. The summed E-state index contributed by atoms with van der Waals surface area (Å²) >= 11 is 0. The number of nitrogens with one attached hydrogen (secondary N) is 1. The van der Waals surface area contributed by atoms with Gasteiger partial charge in [0.2, 0.25) is 5.91 Å². The van der Waals surface area contributed by atoms with Crippen LogP contribution in [0, 0.1) is 23.5 Å². The van der Waals surface area contributed by atoms with Crippen LogP contribution < -0.4 is 14.8 Å². The molecular formula is C20H19F2NO3. The van der Waals surface area contributed by atoms with E-state index in [1.54, 1.807) is 7.11 Å². The van der Waals surface area contributed by atoms with E-state index in [0.29, 0.717) is 12.8 Å². The summed E-state index contributed by atoms with van der Waals surface area (Å²) in [4.78, 5) is 11.8. The molecule has 0 fully saturated rings. The van der Waals surface area contributed by atoms with Crippen LogP contribution in [0.1, 0.15) is 12.0 Å². The van der Waals surface area contributed by atoms with Crippen molar-refractivity contribution in [2.75, 3.05) is 20.3 Å². The van der Waals surface area contributed by atoms with Crippen LogP contribution in [0.4, 0.5) is 8.78 Å². The second-order valence-corrected chi connectivity index (χ2v) is 5.34. The van der Waals surface area contributed by atoms with E-state index in [1.165, 1.54) is 6.07 Å². The maximum atomic E-state index is 13.3. The molecule has 4 nitrogen and oxygen atoms in total. The Labute approximate surface area is 151 Å². The van der Waals surface area contributed by atoms with Crippen molar-refractivity contribution in [3.05, 3.63) is 59.7 Å². The van der Waals surface area contributed by atoms with E-state index in [-0.39, 0.29) is 24.8 Å². The van der Waals surface area contributed by atoms with Crippen molar-refractivity contribution in [3.63, 3.8) is 0 Å². The first-order chi connectivity index (χ1) is 12.6. The second kappa shape index (κ2) is 10.0. The van der Waals surface area contributed by atoms with Gasteiger partial charge in [0, 0.05) is 12.5 Å². The molecule has 0 saturated carbocycles. The van der Waals surface area contributed by atoms with Gasteiger partial charge in [-0.15, -0.1) is 0 Å². The Bertz CT molecular complexity index is 795. The minimum atomic E-state index is -0.779. The Kier molecular flexibility index (Phi) is 7.44. The van der Waals surface area contributed by atoms with Gasteiger partial charge in [-0.1, -0.05) is 24.0 Å². The van der Waals surface area contributed by atoms with E-state index in [2.05, 4.69) is 17.2 Å². The average Bonchev–Trinajstić information content (AvgIpc) is 2.64. The first-order valence-electron chi connectivity index (χ1n) is 8.01. The molecule has 1 amide bonds. The number of carbonyl (C=O) groups excluding carboxylic acids is 1. The molecule has 0 radical (unpaired) electrons. The van der Waals surface area contributed by atoms with Crippen LogP contribution in [-0.2, 0) is 11.2 Å². The Morgan fingerprint density at radius 2 is 1.88 bits per heavy atom. The van der Waals surface area contributed by atoms with Gasteiger partial charge in [0.1, 0.15) is 18.2 Å². The van der Waals surface area contributed by atoms with Gasteiger partial charge in [0.25, 0.3) is 0 Å². The standard InChI is InChI=1S/C20H19F2NO3/c1-25-17-8-4-15(5-9-17)6-11-20(24)23-12-2-3-13-26-19-10-7-16(21)14-18(19)22/h4-5,7-10,14H,6,11-13H2,1H3,(H,23,24). The topological polar surface area (TPSA) is 47.6 Å². The lowest BCUT2D eigenvalue weighted by molar-refractivity contribution is -0.120. The molecule has 26 heavy (non-hydrogen) atoms. The zero-order valence-corrected chi connectivity index (χ0v) is 14.4. The molecule has 0 heterocycles. The summed E-state index contributed by atoms with van der Waals surface area (Å²) in [6, 6.07) is 10.6. The molecule has 0 unspecified atom stereocenters. The SMILES string of the molecule is COc1ccc(CCC(=O)NCC#CCOc2ccc(F)cc2F)cc1. The quantitative estimate of drug-likeness (QED) is 0.773. The van der Waals surface area contributed by atoms with Gasteiger partial charge >= 0.3 is 0 Å². The van der Waals surface area contributed by atoms with E-state index >= 15 is 0 Å². The molecule has 0 bridgehead atoms. The summed E-state index contributed by atoms with van der Waals surface area (Å²) in [5.74, 6) is 4.52. The number of benzene rings is 2. The summed E-state index contributed by atoms with van der Waals surface area (Å²) in [7, 11) is 1.60. The lowest BCUT2D eigenvalue weighted by atomic mass is 10.1. The van der Waals surface area contributed by atoms with Crippen molar-refractivity contribution in [2.45, 2.75) is 12.8 Å². The number of amides is 1. The van der Waals surface area contributed by atoms with Crippen LogP contribution in [0.2, 0.25) is 0 Å². The number of hydrogen-bond acceptors (Lipinski definition) is 3. The number of methoxy groups -OCH3 is 1. The number of rotatable bonds is 7. The smallest absolute Gasteiger partial charge is 0.221 e. The van der Waals surface area contributed by atoms with Crippen LogP contribution in [-0.4, -0.2) is 26.2 Å². The summed E-state index contributed by atoms with van der Waals surface area (Å²) in [5, 5.41) is 2.68. The van der Waals surface area contributed by atoms with Gasteiger partial charge in [0.05, 0.1) is 13.7 Å². The predicted octanol–water partition coefficient (Wildman–Crippen LogP) is 3.10. The van der Waals surface area contributed by atoms with Crippen LogP contribution in [0.5, 0.6) is 11.5 Å². The lowest BCUT2D eigenvalue weighted by Crippen LogP contribution is -2.23. The molecule has 0 atom stereocenters. The highest BCUT2D eigenvalue weighted by atomic mass is 19.1. The molecule has 2 aromatic carbocycles. The largest absolute Gasteiger partial charge is 0.497 e. The van der Waals surface area contributed by atoms with Crippen molar-refractivity contribution in [3.8, 4) is 23.3 Å². The van der Waals surface area contributed by atoms with Crippen molar-refractivity contribution in [2.24, 2.45) is 0 Å². The third-order valence-electron chi connectivity index (χ3n) is 3.49. The van der Waals surface area contributed by atoms with Gasteiger partial charge < -0.3 is 14.8 Å². The highest BCUT2D eigenvalue weighted by Crippen LogP contribution is 2.17. The molecule has 2 aromatic rings. The van der Waals surface area contributed by atoms with Crippen molar-refractivity contribution < 1.29 is 23.0 Å². The highest BCUT2D eigenvalue weighted by Gasteiger charge is 2.03. The molecule has 136 valence electrons. The molecule has 0 aliphatic rings. The van der Waals surface area contributed by atoms with Crippen molar-refractivity contribution >= 4 is 5.91 Å². The fraction of sp³-hybridized carbons (Fsp3) is 0.250. The molecule has 6 heteroatoms. The predicted molar refractivity (Wildman–Crippen MR) is 94.0 cm³/mol. The zero-order valence-electron chi connectivity index (χ0n) is 14.4. The van der Waals surface area contributed by atoms with E-state index in [9.17, 15) is 13.6 Å². The van der Waals surface area contributed by atoms with Gasteiger partial charge in [-0.3, -0.25) is 4.79 Å². The van der Waals surface area contributed by atoms with Gasteiger partial charge in [0.15, 0.2) is 11.6 Å². The zero-order chi connectivity index (χ0) is 18.8. The number of aryl methyl sites for hydroxylation is 1. The van der Waals surface area contributed by atoms with E-state index in [0.717, 1.165) is 23.4 Å². The lowest BCUT2D eigenvalue weighted by Gasteiger charge is -2.04. The fourth-order valence-electron chi connectivity index (χ4n) is 2.10. The molecule has 1 N–H and O–H groups in total.